The molecule has 0 unspecified atom stereocenters. The van der Waals surface area contributed by atoms with Crippen molar-refractivity contribution in [1.29, 1.82) is 0 Å². The van der Waals surface area contributed by atoms with Crippen LogP contribution in [0.1, 0.15) is 57.8 Å². The molecule has 0 amide bonds. The van der Waals surface area contributed by atoms with Crippen LogP contribution < -0.4 is 0 Å². The van der Waals surface area contributed by atoms with Crippen LogP contribution in [0.4, 0.5) is 0 Å². The molecule has 0 atom stereocenters. The monoisotopic (exact) mass is 264 g/mol. The van der Waals surface area contributed by atoms with Gasteiger partial charge in [-0.2, -0.15) is 0 Å². The molecule has 3 heteroatoms. The number of carboxylic acid groups (broad SMARTS) is 1. The van der Waals surface area contributed by atoms with Crippen LogP contribution in [0.3, 0.4) is 0 Å². The third-order valence-electron chi connectivity index (χ3n) is 6.30. The van der Waals surface area contributed by atoms with Gasteiger partial charge in [-0.3, -0.25) is 0 Å². The maximum Gasteiger partial charge on any atom is 0.335 e. The van der Waals surface area contributed by atoms with E-state index >= 15 is 0 Å². The van der Waals surface area contributed by atoms with Gasteiger partial charge in [0.05, 0.1) is 6.10 Å². The van der Waals surface area contributed by atoms with E-state index in [4.69, 9.17) is 4.74 Å². The van der Waals surface area contributed by atoms with Crippen molar-refractivity contribution in [2.75, 3.05) is 0 Å². The van der Waals surface area contributed by atoms with Gasteiger partial charge in [-0.1, -0.05) is 0 Å². The Morgan fingerprint density at radius 3 is 1.95 bits per heavy atom. The lowest BCUT2D eigenvalue weighted by atomic mass is 9.55. The number of aliphatic carboxylic acids is 1. The normalized spacial score (nSPS) is 46.6. The van der Waals surface area contributed by atoms with E-state index in [9.17, 15) is 9.90 Å². The lowest BCUT2D eigenvalue weighted by Crippen LogP contribution is -2.54. The highest BCUT2D eigenvalue weighted by Gasteiger charge is 2.53. The number of ether oxygens (including phenoxy) is 1. The molecule has 0 heterocycles. The van der Waals surface area contributed by atoms with Crippen LogP contribution in [0.2, 0.25) is 0 Å². The Labute approximate surface area is 114 Å². The summed E-state index contributed by atoms with van der Waals surface area (Å²) in [6.07, 6.45) is 10.4. The number of rotatable bonds is 3. The van der Waals surface area contributed by atoms with Gasteiger partial charge in [-0.05, 0) is 81.5 Å². The minimum atomic E-state index is -0.833. The third-order valence-corrected chi connectivity index (χ3v) is 6.30. The SMILES string of the molecule is O=C(O)C1(OC2C3CC4CC(C3)CC2C4)CCCC1. The molecule has 5 rings (SSSR count). The molecule has 4 bridgehead atoms. The predicted molar refractivity (Wildman–Crippen MR) is 70.8 cm³/mol. The van der Waals surface area contributed by atoms with E-state index in [1.807, 2.05) is 0 Å². The zero-order valence-electron chi connectivity index (χ0n) is 11.5. The number of carboxylic acids is 1. The number of carbonyl (C=O) groups is 1. The summed E-state index contributed by atoms with van der Waals surface area (Å²) in [6.45, 7) is 0. The van der Waals surface area contributed by atoms with Crippen LogP contribution >= 0.6 is 0 Å². The fraction of sp³-hybridized carbons (Fsp3) is 0.938. The van der Waals surface area contributed by atoms with Gasteiger partial charge in [0.2, 0.25) is 0 Å². The summed E-state index contributed by atoms with van der Waals surface area (Å²) in [5.74, 6) is 2.46. The van der Waals surface area contributed by atoms with Crippen LogP contribution in [-0.2, 0) is 9.53 Å². The van der Waals surface area contributed by atoms with E-state index in [-0.39, 0.29) is 6.10 Å². The van der Waals surface area contributed by atoms with Crippen molar-refractivity contribution in [1.82, 2.24) is 0 Å². The van der Waals surface area contributed by atoms with Crippen molar-refractivity contribution in [2.24, 2.45) is 23.7 Å². The molecule has 0 aromatic carbocycles. The van der Waals surface area contributed by atoms with E-state index in [1.165, 1.54) is 32.1 Å². The zero-order valence-corrected chi connectivity index (χ0v) is 11.5. The molecule has 3 nitrogen and oxygen atoms in total. The van der Waals surface area contributed by atoms with Crippen LogP contribution in [0.15, 0.2) is 0 Å². The molecular weight excluding hydrogens is 240 g/mol. The minimum absolute atomic E-state index is 0.252. The van der Waals surface area contributed by atoms with Gasteiger partial charge in [-0.25, -0.2) is 4.79 Å². The molecular formula is C16H24O3. The molecule has 5 fully saturated rings. The van der Waals surface area contributed by atoms with Crippen molar-refractivity contribution in [3.05, 3.63) is 0 Å². The Kier molecular flexibility index (Phi) is 2.70. The predicted octanol–water partition coefficient (Wildman–Crippen LogP) is 3.23. The molecule has 106 valence electrons. The van der Waals surface area contributed by atoms with Gasteiger partial charge in [-0.15, -0.1) is 0 Å². The van der Waals surface area contributed by atoms with Crippen molar-refractivity contribution in [3.63, 3.8) is 0 Å². The fourth-order valence-electron chi connectivity index (χ4n) is 5.66. The second-order valence-corrected chi connectivity index (χ2v) is 7.52. The molecule has 0 aliphatic heterocycles. The fourth-order valence-corrected chi connectivity index (χ4v) is 5.66. The van der Waals surface area contributed by atoms with E-state index in [0.29, 0.717) is 11.8 Å². The minimum Gasteiger partial charge on any atom is -0.479 e. The van der Waals surface area contributed by atoms with Gasteiger partial charge < -0.3 is 9.84 Å². The first-order valence-corrected chi connectivity index (χ1v) is 8.07. The molecule has 0 aromatic heterocycles. The maximum absolute atomic E-state index is 11.7. The summed E-state index contributed by atoms with van der Waals surface area (Å²) in [7, 11) is 0. The first kappa shape index (κ1) is 12.2. The van der Waals surface area contributed by atoms with Gasteiger partial charge in [0.25, 0.3) is 0 Å². The average Bonchev–Trinajstić information content (AvgIpc) is 2.83. The summed E-state index contributed by atoms with van der Waals surface area (Å²) < 4.78 is 6.34. The Morgan fingerprint density at radius 2 is 1.47 bits per heavy atom. The average molecular weight is 264 g/mol. The highest BCUT2D eigenvalue weighted by Crippen LogP contribution is 2.56. The van der Waals surface area contributed by atoms with Crippen molar-refractivity contribution in [2.45, 2.75) is 69.5 Å². The first-order chi connectivity index (χ1) is 9.16. The molecule has 5 saturated carbocycles. The lowest BCUT2D eigenvalue weighted by Gasteiger charge is -2.55. The van der Waals surface area contributed by atoms with Crippen molar-refractivity contribution >= 4 is 5.97 Å². The Bertz CT molecular complexity index is 355. The molecule has 1 N–H and O–H groups in total. The van der Waals surface area contributed by atoms with E-state index < -0.39 is 11.6 Å². The molecule has 0 radical (unpaired) electrons. The largest absolute Gasteiger partial charge is 0.479 e. The molecule has 0 spiro atoms. The highest BCUT2D eigenvalue weighted by molar-refractivity contribution is 5.77. The highest BCUT2D eigenvalue weighted by atomic mass is 16.5. The molecule has 0 saturated heterocycles. The zero-order chi connectivity index (χ0) is 13.0. The van der Waals surface area contributed by atoms with E-state index in [2.05, 4.69) is 0 Å². The van der Waals surface area contributed by atoms with Gasteiger partial charge >= 0.3 is 5.97 Å². The summed E-state index contributed by atoms with van der Waals surface area (Å²) >= 11 is 0. The van der Waals surface area contributed by atoms with Crippen LogP contribution in [-0.4, -0.2) is 22.8 Å². The maximum atomic E-state index is 11.7. The Morgan fingerprint density at radius 1 is 0.947 bits per heavy atom. The molecule has 19 heavy (non-hydrogen) atoms. The van der Waals surface area contributed by atoms with Gasteiger partial charge in [0, 0.05) is 0 Å². The number of hydrogen-bond donors (Lipinski definition) is 1. The topological polar surface area (TPSA) is 46.5 Å². The van der Waals surface area contributed by atoms with Gasteiger partial charge in [0.15, 0.2) is 5.60 Å². The van der Waals surface area contributed by atoms with Crippen molar-refractivity contribution in [3.8, 4) is 0 Å². The first-order valence-electron chi connectivity index (χ1n) is 8.07. The Balaban J connectivity index is 1.55. The summed E-state index contributed by atoms with van der Waals surface area (Å²) in [5.41, 5.74) is -0.833. The second-order valence-electron chi connectivity index (χ2n) is 7.52. The lowest BCUT2D eigenvalue weighted by molar-refractivity contribution is -0.204. The second kappa shape index (κ2) is 4.21. The number of hydrogen-bond acceptors (Lipinski definition) is 2. The van der Waals surface area contributed by atoms with Crippen LogP contribution in [0.25, 0.3) is 0 Å². The summed E-state index contributed by atoms with van der Waals surface area (Å²) in [6, 6.07) is 0. The van der Waals surface area contributed by atoms with Crippen LogP contribution in [0.5, 0.6) is 0 Å². The van der Waals surface area contributed by atoms with Crippen LogP contribution in [0, 0.1) is 23.7 Å². The van der Waals surface area contributed by atoms with E-state index in [0.717, 1.165) is 37.5 Å². The smallest absolute Gasteiger partial charge is 0.335 e. The van der Waals surface area contributed by atoms with E-state index in [1.54, 1.807) is 0 Å². The standard InChI is InChI=1S/C16H24O3/c17-15(18)16(3-1-2-4-16)19-14-12-6-10-5-11(8-12)9-13(14)7-10/h10-14H,1-9H2,(H,17,18). The third kappa shape index (κ3) is 1.84. The summed E-state index contributed by atoms with van der Waals surface area (Å²) in [4.78, 5) is 11.7. The quantitative estimate of drug-likeness (QED) is 0.851. The van der Waals surface area contributed by atoms with Crippen molar-refractivity contribution < 1.29 is 14.6 Å². The summed E-state index contributed by atoms with van der Waals surface area (Å²) in [5, 5.41) is 9.59. The molecule has 5 aliphatic rings. The molecule has 5 aliphatic carbocycles. The molecule has 0 aromatic rings. The Hall–Kier alpha value is -0.570. The van der Waals surface area contributed by atoms with Gasteiger partial charge in [0.1, 0.15) is 0 Å².